The Morgan fingerprint density at radius 3 is 2.69 bits per heavy atom. The Hall–Kier alpha value is -2.49. The second-order valence-electron chi connectivity index (χ2n) is 5.31. The van der Waals surface area contributed by atoms with Crippen molar-refractivity contribution in [3.8, 4) is 6.07 Å². The van der Waals surface area contributed by atoms with E-state index in [9.17, 15) is 9.59 Å². The molecule has 0 radical (unpaired) electrons. The van der Waals surface area contributed by atoms with Gasteiger partial charge in [0.15, 0.2) is 6.61 Å². The van der Waals surface area contributed by atoms with Gasteiger partial charge in [0.1, 0.15) is 0 Å². The highest BCUT2D eigenvalue weighted by molar-refractivity contribution is 7.99. The van der Waals surface area contributed by atoms with Gasteiger partial charge in [-0.25, -0.2) is 0 Å². The van der Waals surface area contributed by atoms with Crippen molar-refractivity contribution in [2.75, 3.05) is 17.7 Å². The number of nitrogens with one attached hydrogen (secondary N) is 1. The van der Waals surface area contributed by atoms with Crippen LogP contribution in [0.5, 0.6) is 0 Å². The normalized spacial score (nSPS) is 10.0. The molecule has 0 heterocycles. The number of rotatable bonds is 8. The van der Waals surface area contributed by atoms with Gasteiger partial charge in [-0.15, -0.1) is 11.8 Å². The third kappa shape index (κ3) is 7.18. The maximum absolute atomic E-state index is 11.8. The van der Waals surface area contributed by atoms with Crippen LogP contribution in [0.15, 0.2) is 53.4 Å². The van der Waals surface area contributed by atoms with Gasteiger partial charge in [-0.2, -0.15) is 5.26 Å². The number of thioether (sulfide) groups is 1. The topological polar surface area (TPSA) is 79.2 Å². The zero-order valence-corrected chi connectivity index (χ0v) is 15.5. The van der Waals surface area contributed by atoms with E-state index in [2.05, 4.69) is 5.32 Å². The van der Waals surface area contributed by atoms with Gasteiger partial charge >= 0.3 is 5.97 Å². The highest BCUT2D eigenvalue weighted by Crippen LogP contribution is 2.21. The first-order valence-corrected chi connectivity index (χ1v) is 9.27. The number of amides is 1. The van der Waals surface area contributed by atoms with Crippen molar-refractivity contribution in [2.45, 2.75) is 17.7 Å². The Balaban J connectivity index is 1.62. The molecule has 0 saturated carbocycles. The number of esters is 1. The number of carbonyl (C=O) groups excluding carboxylic acids is 2. The van der Waals surface area contributed by atoms with Crippen LogP contribution in [-0.2, 0) is 14.3 Å². The molecule has 5 nitrogen and oxygen atoms in total. The monoisotopic (exact) mass is 388 g/mol. The standard InChI is InChI=1S/C19H17ClN2O3S/c20-15-6-8-17(9-7-15)26-10-2-5-19(24)25-13-18(23)22-16-4-1-3-14(11-16)12-21/h1,3-4,6-9,11H,2,5,10,13H2,(H,22,23). The molecule has 2 aromatic rings. The fourth-order valence-corrected chi connectivity index (χ4v) is 3.00. The van der Waals surface area contributed by atoms with Crippen LogP contribution in [-0.4, -0.2) is 24.2 Å². The fourth-order valence-electron chi connectivity index (χ4n) is 2.02. The molecule has 0 bridgehead atoms. The number of anilines is 1. The van der Waals surface area contributed by atoms with Crippen molar-refractivity contribution < 1.29 is 14.3 Å². The summed E-state index contributed by atoms with van der Waals surface area (Å²) in [6.07, 6.45) is 0.899. The first-order chi connectivity index (χ1) is 12.6. The van der Waals surface area contributed by atoms with Crippen molar-refractivity contribution in [3.63, 3.8) is 0 Å². The van der Waals surface area contributed by atoms with Crippen LogP contribution in [0.1, 0.15) is 18.4 Å². The molecule has 134 valence electrons. The van der Waals surface area contributed by atoms with Gasteiger partial charge in [0.25, 0.3) is 5.91 Å². The van der Waals surface area contributed by atoms with Crippen LogP contribution in [0.3, 0.4) is 0 Å². The van der Waals surface area contributed by atoms with E-state index in [4.69, 9.17) is 21.6 Å². The van der Waals surface area contributed by atoms with Crippen LogP contribution in [0, 0.1) is 11.3 Å². The number of benzene rings is 2. The van der Waals surface area contributed by atoms with Crippen molar-refractivity contribution in [1.82, 2.24) is 0 Å². The summed E-state index contributed by atoms with van der Waals surface area (Å²) in [5.41, 5.74) is 0.933. The van der Waals surface area contributed by atoms with Gasteiger partial charge in [0.05, 0.1) is 11.6 Å². The van der Waals surface area contributed by atoms with Crippen LogP contribution in [0.2, 0.25) is 5.02 Å². The van der Waals surface area contributed by atoms with Crippen LogP contribution in [0.25, 0.3) is 0 Å². The molecule has 0 atom stereocenters. The molecule has 0 aliphatic carbocycles. The number of nitrogens with zero attached hydrogens (tertiary/aromatic N) is 1. The van der Waals surface area contributed by atoms with Crippen molar-refractivity contribution >= 4 is 40.9 Å². The molecule has 0 aliphatic rings. The first kappa shape index (κ1) is 19.8. The molecule has 0 spiro atoms. The van der Waals surface area contributed by atoms with E-state index in [-0.39, 0.29) is 13.0 Å². The van der Waals surface area contributed by atoms with Gasteiger partial charge in [-0.3, -0.25) is 9.59 Å². The largest absolute Gasteiger partial charge is 0.456 e. The number of hydrogen-bond donors (Lipinski definition) is 1. The molecule has 7 heteroatoms. The molecule has 2 rings (SSSR count). The fraction of sp³-hybridized carbons (Fsp3) is 0.211. The summed E-state index contributed by atoms with van der Waals surface area (Å²) >= 11 is 7.45. The minimum absolute atomic E-state index is 0.248. The lowest BCUT2D eigenvalue weighted by Gasteiger charge is -2.07. The maximum Gasteiger partial charge on any atom is 0.306 e. The summed E-state index contributed by atoms with van der Waals surface area (Å²) in [7, 11) is 0. The minimum Gasteiger partial charge on any atom is -0.456 e. The molecule has 0 saturated heterocycles. The summed E-state index contributed by atoms with van der Waals surface area (Å²) < 4.78 is 4.96. The van der Waals surface area contributed by atoms with Crippen molar-refractivity contribution in [2.24, 2.45) is 0 Å². The second-order valence-corrected chi connectivity index (χ2v) is 6.91. The van der Waals surface area contributed by atoms with Crippen molar-refractivity contribution in [3.05, 3.63) is 59.1 Å². The molecule has 0 aliphatic heterocycles. The number of halogens is 1. The van der Waals surface area contributed by atoms with Crippen LogP contribution in [0.4, 0.5) is 5.69 Å². The van der Waals surface area contributed by atoms with E-state index in [1.54, 1.807) is 36.0 Å². The van der Waals surface area contributed by atoms with Gasteiger partial charge in [0.2, 0.25) is 0 Å². The predicted molar refractivity (Wildman–Crippen MR) is 102 cm³/mol. The van der Waals surface area contributed by atoms with E-state index in [1.165, 1.54) is 0 Å². The lowest BCUT2D eigenvalue weighted by atomic mass is 10.2. The molecule has 0 aromatic heterocycles. The summed E-state index contributed by atoms with van der Waals surface area (Å²) in [4.78, 5) is 24.5. The third-order valence-corrected chi connectivity index (χ3v) is 4.60. The Morgan fingerprint density at radius 1 is 1.19 bits per heavy atom. The highest BCUT2D eigenvalue weighted by atomic mass is 35.5. The summed E-state index contributed by atoms with van der Waals surface area (Å²) in [5.74, 6) is -0.0873. The van der Waals surface area contributed by atoms with E-state index in [0.717, 1.165) is 10.6 Å². The lowest BCUT2D eigenvalue weighted by Crippen LogP contribution is -2.20. The average molecular weight is 389 g/mol. The third-order valence-electron chi connectivity index (χ3n) is 3.25. The average Bonchev–Trinajstić information content (AvgIpc) is 2.65. The SMILES string of the molecule is N#Cc1cccc(NC(=O)COC(=O)CCCSc2ccc(Cl)cc2)c1. The van der Waals surface area contributed by atoms with E-state index >= 15 is 0 Å². The maximum atomic E-state index is 11.8. The van der Waals surface area contributed by atoms with Gasteiger partial charge < -0.3 is 10.1 Å². The number of ether oxygens (including phenoxy) is 1. The summed E-state index contributed by atoms with van der Waals surface area (Å²) in [6, 6.07) is 16.0. The Labute approximate surface area is 161 Å². The number of hydrogen-bond acceptors (Lipinski definition) is 5. The van der Waals surface area contributed by atoms with Crippen LogP contribution >= 0.6 is 23.4 Å². The smallest absolute Gasteiger partial charge is 0.306 e. The summed E-state index contributed by atoms with van der Waals surface area (Å²) in [6.45, 7) is -0.347. The Morgan fingerprint density at radius 2 is 1.96 bits per heavy atom. The number of nitriles is 1. The number of carbonyl (C=O) groups is 2. The summed E-state index contributed by atoms with van der Waals surface area (Å²) in [5, 5.41) is 12.1. The molecule has 1 N–H and O–H groups in total. The molecule has 2 aromatic carbocycles. The first-order valence-electron chi connectivity index (χ1n) is 7.91. The lowest BCUT2D eigenvalue weighted by molar-refractivity contribution is -0.147. The van der Waals surface area contributed by atoms with Gasteiger partial charge in [0, 0.05) is 22.0 Å². The molecule has 1 amide bonds. The Kier molecular flexibility index (Phi) is 8.00. The van der Waals surface area contributed by atoms with Gasteiger partial charge in [-0.05, 0) is 54.6 Å². The van der Waals surface area contributed by atoms with Crippen LogP contribution < -0.4 is 5.32 Å². The van der Waals surface area contributed by atoms with Gasteiger partial charge in [-0.1, -0.05) is 17.7 Å². The molecule has 0 fully saturated rings. The highest BCUT2D eigenvalue weighted by Gasteiger charge is 2.08. The van der Waals surface area contributed by atoms with E-state index < -0.39 is 11.9 Å². The van der Waals surface area contributed by atoms with E-state index in [1.807, 2.05) is 30.3 Å². The second kappa shape index (κ2) is 10.5. The molecular formula is C19H17ClN2O3S. The predicted octanol–water partition coefficient (Wildman–Crippen LogP) is 4.27. The quantitative estimate of drug-likeness (QED) is 0.415. The molecular weight excluding hydrogens is 372 g/mol. The van der Waals surface area contributed by atoms with Crippen molar-refractivity contribution in [1.29, 1.82) is 5.26 Å². The molecule has 26 heavy (non-hydrogen) atoms. The zero-order valence-electron chi connectivity index (χ0n) is 13.9. The van der Waals surface area contributed by atoms with E-state index in [0.29, 0.717) is 22.7 Å². The minimum atomic E-state index is -0.441. The zero-order chi connectivity index (χ0) is 18.8. The Bertz CT molecular complexity index is 803. The molecule has 0 unspecified atom stereocenters.